The van der Waals surface area contributed by atoms with Crippen LogP contribution in [0.25, 0.3) is 0 Å². The number of rotatable bonds is 15. The summed E-state index contributed by atoms with van der Waals surface area (Å²) < 4.78 is 31.5. The van der Waals surface area contributed by atoms with E-state index in [0.29, 0.717) is 16.7 Å². The van der Waals surface area contributed by atoms with Gasteiger partial charge in [-0.25, -0.2) is 13.6 Å². The number of alkyl halides is 3. The second-order valence-electron chi connectivity index (χ2n) is 9.29. The highest BCUT2D eigenvalue weighted by Crippen LogP contribution is 2.10. The predicted octanol–water partition coefficient (Wildman–Crippen LogP) is 7.61. The number of amides is 2. The summed E-state index contributed by atoms with van der Waals surface area (Å²) in [4.78, 5) is 47.3. The Morgan fingerprint density at radius 1 is 0.791 bits per heavy atom. The highest BCUT2D eigenvalue weighted by Gasteiger charge is 2.22. The molecule has 0 heterocycles. The molecule has 0 saturated carbocycles. The first-order valence-electron chi connectivity index (χ1n) is 14.0. The third-order valence-electron chi connectivity index (χ3n) is 5.98. The lowest BCUT2D eigenvalue weighted by molar-refractivity contribution is -0.143. The number of unbranched alkanes of at least 4 members (excludes halogenated alkanes) is 4. The monoisotopic (exact) mass is 756 g/mol. The van der Waals surface area contributed by atoms with Crippen LogP contribution in [0.2, 0.25) is 0 Å². The van der Waals surface area contributed by atoms with Crippen LogP contribution in [-0.2, 0) is 14.3 Å². The summed E-state index contributed by atoms with van der Waals surface area (Å²) in [7, 11) is 1.28. The number of methoxy groups -OCH3 is 1. The number of ether oxygens (including phenoxy) is 1. The van der Waals surface area contributed by atoms with E-state index in [1.807, 2.05) is 0 Å². The smallest absolute Gasteiger partial charge is 0.328 e. The van der Waals surface area contributed by atoms with E-state index >= 15 is 0 Å². The number of nitrogens with one attached hydrogen (secondary N) is 2. The van der Waals surface area contributed by atoms with Gasteiger partial charge in [-0.15, -0.1) is 23.2 Å². The summed E-state index contributed by atoms with van der Waals surface area (Å²) in [5.41, 5.74) is 0.391. The second kappa shape index (κ2) is 25.1. The summed E-state index contributed by atoms with van der Waals surface area (Å²) in [6, 6.07) is 9.42. The quantitative estimate of drug-likeness (QED) is 0.0844. The normalized spacial score (nSPS) is 11.4. The molecule has 0 aliphatic carbocycles. The maximum absolute atomic E-state index is 13.1. The van der Waals surface area contributed by atoms with Crippen molar-refractivity contribution in [2.75, 3.05) is 16.9 Å². The van der Waals surface area contributed by atoms with E-state index in [1.165, 1.54) is 43.5 Å². The minimum absolute atomic E-state index is 0.139. The average molecular weight is 757 g/mol. The van der Waals surface area contributed by atoms with Gasteiger partial charge in [0.1, 0.15) is 17.7 Å². The van der Waals surface area contributed by atoms with Gasteiger partial charge in [-0.2, -0.15) is 0 Å². The van der Waals surface area contributed by atoms with Crippen LogP contribution in [0.4, 0.5) is 8.78 Å². The van der Waals surface area contributed by atoms with Crippen LogP contribution in [0.1, 0.15) is 85.9 Å². The first-order valence-corrected chi connectivity index (χ1v) is 16.6. The van der Waals surface area contributed by atoms with Crippen molar-refractivity contribution in [2.24, 2.45) is 0 Å². The van der Waals surface area contributed by atoms with Gasteiger partial charge in [0.15, 0.2) is 5.78 Å². The minimum atomic E-state index is -0.692. The SMILES string of the molecule is CCCCC[C@H](NC(=O)c1cccc(F)c1)C(=O)CCl.CCCCC[C@H](NC(=O)c1cccc(F)c1)C(=O)OC.ClCI. The maximum atomic E-state index is 13.1. The van der Waals surface area contributed by atoms with Gasteiger partial charge in [0.25, 0.3) is 11.8 Å². The average Bonchev–Trinajstić information content (AvgIpc) is 3.00. The first-order chi connectivity index (χ1) is 20.6. The number of carbonyl (C=O) groups excluding carboxylic acids is 4. The molecule has 0 aliphatic heterocycles. The molecular weight excluding hydrogens is 716 g/mol. The fraction of sp³-hybridized carbons (Fsp3) is 0.484. The fourth-order valence-corrected chi connectivity index (χ4v) is 3.92. The highest BCUT2D eigenvalue weighted by molar-refractivity contribution is 14.1. The molecule has 0 radical (unpaired) electrons. The topological polar surface area (TPSA) is 102 Å². The lowest BCUT2D eigenvalue weighted by Gasteiger charge is -2.16. The van der Waals surface area contributed by atoms with E-state index in [2.05, 4.69) is 51.8 Å². The van der Waals surface area contributed by atoms with Gasteiger partial charge in [0.2, 0.25) is 0 Å². The minimum Gasteiger partial charge on any atom is -0.467 e. The molecule has 0 aromatic heterocycles. The number of ketones is 1. The number of esters is 1. The molecule has 43 heavy (non-hydrogen) atoms. The van der Waals surface area contributed by atoms with E-state index in [0.717, 1.165) is 50.7 Å². The highest BCUT2D eigenvalue weighted by atomic mass is 127. The van der Waals surface area contributed by atoms with Crippen molar-refractivity contribution >= 4 is 69.4 Å². The van der Waals surface area contributed by atoms with Crippen LogP contribution in [-0.4, -0.2) is 52.5 Å². The van der Waals surface area contributed by atoms with Crippen molar-refractivity contribution in [3.05, 3.63) is 71.3 Å². The van der Waals surface area contributed by atoms with Crippen molar-refractivity contribution in [2.45, 2.75) is 77.3 Å². The van der Waals surface area contributed by atoms with Gasteiger partial charge in [0.05, 0.1) is 22.9 Å². The van der Waals surface area contributed by atoms with E-state index < -0.39 is 41.5 Å². The Kier molecular flexibility index (Phi) is 23.7. The Balaban J connectivity index is 0.000000751. The van der Waals surface area contributed by atoms with Crippen molar-refractivity contribution < 1.29 is 32.7 Å². The van der Waals surface area contributed by atoms with E-state index in [1.54, 1.807) is 0 Å². The van der Waals surface area contributed by atoms with E-state index in [4.69, 9.17) is 23.2 Å². The molecule has 7 nitrogen and oxygen atoms in total. The molecular formula is C31H41Cl2F2IN2O5. The van der Waals surface area contributed by atoms with Crippen LogP contribution < -0.4 is 10.6 Å². The zero-order valence-electron chi connectivity index (χ0n) is 24.8. The standard InChI is InChI=1S/C15H19ClFNO2.C15H20FNO3.CH2ClI/c1-2-3-4-8-13(14(19)10-16)18-15(20)11-6-5-7-12(17)9-11;1-3-4-5-9-13(15(19)20-2)17-14(18)11-7-6-8-12(16)10-11;2-1-3/h5-7,9,13H,2-4,8,10H2,1H3,(H,18,20);6-8,10,13H,3-5,9H2,1-2H3,(H,17,18);1H2/t2*13-;/m00./s1. The lowest BCUT2D eigenvalue weighted by Crippen LogP contribution is -2.41. The molecule has 0 fully saturated rings. The van der Waals surface area contributed by atoms with Crippen molar-refractivity contribution in [1.82, 2.24) is 10.6 Å². The number of Topliss-reactive ketones (excluding diaryl/α,β-unsaturated/α-hetero) is 1. The molecule has 0 aliphatic rings. The molecule has 2 aromatic carbocycles. The summed E-state index contributed by atoms with van der Waals surface area (Å²) >= 11 is 12.6. The van der Waals surface area contributed by atoms with Gasteiger partial charge in [-0.05, 0) is 49.2 Å². The van der Waals surface area contributed by atoms with Gasteiger partial charge >= 0.3 is 5.97 Å². The van der Waals surface area contributed by atoms with Crippen LogP contribution in [0, 0.1) is 11.6 Å². The molecule has 2 atom stereocenters. The molecule has 12 heteroatoms. The molecule has 0 unspecified atom stereocenters. The summed E-state index contributed by atoms with van der Waals surface area (Å²) in [5.74, 6) is -2.73. The van der Waals surface area contributed by atoms with Crippen molar-refractivity contribution in [3.63, 3.8) is 0 Å². The molecule has 240 valence electrons. The van der Waals surface area contributed by atoms with Crippen LogP contribution in [0.5, 0.6) is 0 Å². The van der Waals surface area contributed by atoms with E-state index in [9.17, 15) is 28.0 Å². The Bertz CT molecular complexity index is 1040. The zero-order chi connectivity index (χ0) is 32.6. The maximum Gasteiger partial charge on any atom is 0.328 e. The largest absolute Gasteiger partial charge is 0.467 e. The van der Waals surface area contributed by atoms with Crippen molar-refractivity contribution in [3.8, 4) is 0 Å². The van der Waals surface area contributed by atoms with Gasteiger partial charge in [-0.1, -0.05) is 87.1 Å². The van der Waals surface area contributed by atoms with Gasteiger partial charge in [-0.3, -0.25) is 14.4 Å². The molecule has 2 rings (SSSR count). The summed E-state index contributed by atoms with van der Waals surface area (Å²) in [6.07, 6.45) is 6.74. The summed E-state index contributed by atoms with van der Waals surface area (Å²) in [5, 5.41) is 5.22. The first kappa shape index (κ1) is 40.7. The summed E-state index contributed by atoms with van der Waals surface area (Å²) in [6.45, 7) is 4.11. The third kappa shape index (κ3) is 18.2. The molecule has 2 amide bonds. The molecule has 0 spiro atoms. The lowest BCUT2D eigenvalue weighted by atomic mass is 10.0. The van der Waals surface area contributed by atoms with Crippen LogP contribution >= 0.6 is 45.8 Å². The van der Waals surface area contributed by atoms with Gasteiger partial charge < -0.3 is 15.4 Å². The van der Waals surface area contributed by atoms with E-state index in [-0.39, 0.29) is 22.8 Å². The van der Waals surface area contributed by atoms with Crippen LogP contribution in [0.3, 0.4) is 0 Å². The molecule has 0 saturated heterocycles. The Labute approximate surface area is 276 Å². The number of hydrogen-bond acceptors (Lipinski definition) is 5. The number of hydrogen-bond donors (Lipinski definition) is 2. The number of benzene rings is 2. The molecule has 2 aromatic rings. The second-order valence-corrected chi connectivity index (χ2v) is 11.5. The number of halogens is 5. The zero-order valence-corrected chi connectivity index (χ0v) is 28.4. The fourth-order valence-electron chi connectivity index (χ4n) is 3.74. The molecule has 2 N–H and O–H groups in total. The Morgan fingerprint density at radius 3 is 1.58 bits per heavy atom. The van der Waals surface area contributed by atoms with Crippen LogP contribution in [0.15, 0.2) is 48.5 Å². The number of carbonyl (C=O) groups is 4. The predicted molar refractivity (Wildman–Crippen MR) is 176 cm³/mol. The molecule has 0 bridgehead atoms. The third-order valence-corrected chi connectivity index (χ3v) is 6.25. The van der Waals surface area contributed by atoms with Gasteiger partial charge in [0, 0.05) is 11.1 Å². The Morgan fingerprint density at radius 2 is 1.21 bits per heavy atom. The Hall–Kier alpha value is -2.31. The van der Waals surface area contributed by atoms with Crippen molar-refractivity contribution in [1.29, 1.82) is 0 Å².